The van der Waals surface area contributed by atoms with Crippen LogP contribution >= 0.6 is 10.8 Å². The summed E-state index contributed by atoms with van der Waals surface area (Å²) in [6.45, 7) is 5.69. The number of hydrogen-bond donors (Lipinski definition) is 3. The molecule has 216 valence electrons. The lowest BCUT2D eigenvalue weighted by Crippen LogP contribution is -2.54. The number of nitro benzene ring substituents is 1. The minimum Gasteiger partial charge on any atom is -0.350 e. The number of unbranched alkanes of at least 4 members (excludes halogenated alkanes) is 1. The van der Waals surface area contributed by atoms with E-state index in [1.54, 1.807) is 6.92 Å². The second kappa shape index (κ2) is 16.3. The molecule has 1 heterocycles. The number of nitro groups is 1. The minimum atomic E-state index is -1.22. The number of non-ortho nitro benzene ring substituents is 1. The first kappa shape index (κ1) is 32.4. The Bertz CT molecular complexity index is 1050. The van der Waals surface area contributed by atoms with Crippen LogP contribution in [0.2, 0.25) is 0 Å². The molecule has 3 amide bonds. The fourth-order valence-corrected chi connectivity index (χ4v) is 7.69. The molecule has 0 saturated carbocycles. The summed E-state index contributed by atoms with van der Waals surface area (Å²) in [6, 6.07) is 3.39. The molecule has 0 radical (unpaired) electrons. The first-order chi connectivity index (χ1) is 18.5. The van der Waals surface area contributed by atoms with E-state index in [-0.39, 0.29) is 42.1 Å². The molecule has 1 fully saturated rings. The molecule has 0 aromatic heterocycles. The zero-order chi connectivity index (χ0) is 28.9. The Morgan fingerprint density at radius 3 is 2.36 bits per heavy atom. The molecule has 1 aliphatic heterocycles. The van der Waals surface area contributed by atoms with E-state index in [1.165, 1.54) is 35.1 Å². The SMILES string of the molecule is CCNC(=O)C(=O)[C@H](Cc1ccc([N+](=O)[O-])cc1)NC(=O)[C@H](CC(C)C)NC(=O)CCCCC1CCSS1=O. The maximum Gasteiger partial charge on any atom is 0.289 e. The lowest BCUT2D eigenvalue weighted by Gasteiger charge is -2.24. The van der Waals surface area contributed by atoms with Crippen molar-refractivity contribution in [2.75, 3.05) is 12.3 Å². The van der Waals surface area contributed by atoms with Gasteiger partial charge in [0.2, 0.25) is 17.6 Å². The van der Waals surface area contributed by atoms with Crippen molar-refractivity contribution in [3.8, 4) is 0 Å². The third kappa shape index (κ3) is 11.1. The third-order valence-corrected chi connectivity index (χ3v) is 9.90. The number of carbonyl (C=O) groups is 4. The molecule has 3 N–H and O–H groups in total. The van der Waals surface area contributed by atoms with Crippen molar-refractivity contribution in [2.24, 2.45) is 5.92 Å². The van der Waals surface area contributed by atoms with Gasteiger partial charge in [0.1, 0.15) is 12.1 Å². The highest BCUT2D eigenvalue weighted by Crippen LogP contribution is 2.29. The van der Waals surface area contributed by atoms with E-state index in [0.717, 1.165) is 25.0 Å². The Morgan fingerprint density at radius 2 is 1.79 bits per heavy atom. The number of likely N-dealkylation sites (N-methyl/N-ethyl adjacent to an activating group) is 1. The molecule has 1 aromatic carbocycles. The molecule has 13 heteroatoms. The van der Waals surface area contributed by atoms with Gasteiger partial charge in [-0.2, -0.15) is 0 Å². The summed E-state index contributed by atoms with van der Waals surface area (Å²) in [5, 5.41) is 19.0. The van der Waals surface area contributed by atoms with Gasteiger partial charge < -0.3 is 16.0 Å². The van der Waals surface area contributed by atoms with E-state index in [1.807, 2.05) is 13.8 Å². The van der Waals surface area contributed by atoms with Gasteiger partial charge in [0.25, 0.3) is 11.6 Å². The number of nitrogens with zero attached hydrogens (tertiary/aromatic N) is 1. The number of benzene rings is 1. The monoisotopic (exact) mass is 582 g/mol. The predicted octanol–water partition coefficient (Wildman–Crippen LogP) is 2.59. The molecular formula is C26H38N4O7S2. The van der Waals surface area contributed by atoms with Gasteiger partial charge in [-0.25, -0.2) is 4.21 Å². The molecule has 1 aromatic rings. The summed E-state index contributed by atoms with van der Waals surface area (Å²) in [7, 11) is 0.620. The largest absolute Gasteiger partial charge is 0.350 e. The van der Waals surface area contributed by atoms with Crippen molar-refractivity contribution in [1.82, 2.24) is 16.0 Å². The Hall–Kier alpha value is -2.80. The van der Waals surface area contributed by atoms with Crippen LogP contribution in [0.4, 0.5) is 5.69 Å². The standard InChI is InChI=1S/C26H38N4O7S2/c1-4-27-26(34)24(32)21(16-18-9-11-19(12-10-18)30(35)36)29-25(33)22(15-17(2)3)28-23(31)8-6-5-7-20-13-14-38-39(20)37/h9-12,17,20-22H,4-8,13-16H2,1-3H3,(H,27,34)(H,28,31)(H,29,33)/t20?,21-,22-,39?/m0/s1. The van der Waals surface area contributed by atoms with Gasteiger partial charge in [0, 0.05) is 42.5 Å². The molecular weight excluding hydrogens is 544 g/mol. The fraction of sp³-hybridized carbons (Fsp3) is 0.615. The van der Waals surface area contributed by atoms with Crippen molar-refractivity contribution >= 4 is 49.8 Å². The number of Topliss-reactive ketones (excluding diaryl/α,β-unsaturated/α-hetero) is 1. The summed E-state index contributed by atoms with van der Waals surface area (Å²) < 4.78 is 11.9. The Kier molecular flexibility index (Phi) is 13.6. The van der Waals surface area contributed by atoms with Crippen molar-refractivity contribution in [2.45, 2.75) is 83.1 Å². The zero-order valence-electron chi connectivity index (χ0n) is 22.6. The highest BCUT2D eigenvalue weighted by atomic mass is 33.1. The minimum absolute atomic E-state index is 0.0527. The van der Waals surface area contributed by atoms with Gasteiger partial charge in [-0.05, 0) is 44.1 Å². The lowest BCUT2D eigenvalue weighted by atomic mass is 9.99. The maximum absolute atomic E-state index is 13.2. The van der Waals surface area contributed by atoms with E-state index in [0.29, 0.717) is 18.4 Å². The molecule has 0 spiro atoms. The first-order valence-electron chi connectivity index (χ1n) is 13.2. The number of hydrogen-bond acceptors (Lipinski definition) is 8. The van der Waals surface area contributed by atoms with Gasteiger partial charge in [-0.3, -0.25) is 29.3 Å². The number of carbonyl (C=O) groups excluding carboxylic acids is 4. The second-order valence-corrected chi connectivity index (χ2v) is 13.4. The van der Waals surface area contributed by atoms with E-state index >= 15 is 0 Å². The summed E-state index contributed by atoms with van der Waals surface area (Å²) >= 11 is 0. The van der Waals surface area contributed by atoms with Gasteiger partial charge in [0.15, 0.2) is 0 Å². The number of rotatable bonds is 16. The first-order valence-corrected chi connectivity index (χ1v) is 15.9. The van der Waals surface area contributed by atoms with Crippen LogP contribution in [-0.4, -0.2) is 62.3 Å². The normalized spacial score (nSPS) is 18.3. The van der Waals surface area contributed by atoms with Gasteiger partial charge in [0.05, 0.1) is 14.8 Å². The van der Waals surface area contributed by atoms with Crippen LogP contribution in [0.5, 0.6) is 0 Å². The topological polar surface area (TPSA) is 165 Å². The van der Waals surface area contributed by atoms with E-state index in [2.05, 4.69) is 16.0 Å². The molecule has 11 nitrogen and oxygen atoms in total. The summed E-state index contributed by atoms with van der Waals surface area (Å²) in [4.78, 5) is 61.5. The molecule has 1 aliphatic rings. The summed E-state index contributed by atoms with van der Waals surface area (Å²) in [5.41, 5.74) is 0.402. The average molecular weight is 583 g/mol. The van der Waals surface area contributed by atoms with Crippen LogP contribution in [0, 0.1) is 16.0 Å². The van der Waals surface area contributed by atoms with Crippen molar-refractivity contribution in [1.29, 1.82) is 0 Å². The third-order valence-electron chi connectivity index (χ3n) is 6.23. The molecule has 4 atom stereocenters. The van der Waals surface area contributed by atoms with Gasteiger partial charge in [-0.15, -0.1) is 0 Å². The summed E-state index contributed by atoms with van der Waals surface area (Å²) in [5.74, 6) is -1.61. The van der Waals surface area contributed by atoms with Crippen LogP contribution < -0.4 is 16.0 Å². The zero-order valence-corrected chi connectivity index (χ0v) is 24.2. The second-order valence-electron chi connectivity index (χ2n) is 9.90. The van der Waals surface area contributed by atoms with Crippen LogP contribution in [0.1, 0.15) is 64.9 Å². The number of amides is 3. The Morgan fingerprint density at radius 1 is 1.10 bits per heavy atom. The lowest BCUT2D eigenvalue weighted by molar-refractivity contribution is -0.384. The summed E-state index contributed by atoms with van der Waals surface area (Å²) in [6.07, 6.45) is 3.60. The van der Waals surface area contributed by atoms with Gasteiger partial charge >= 0.3 is 0 Å². The quantitative estimate of drug-likeness (QED) is 0.0880. The van der Waals surface area contributed by atoms with Gasteiger partial charge in [-0.1, -0.05) is 43.2 Å². The smallest absolute Gasteiger partial charge is 0.289 e. The highest BCUT2D eigenvalue weighted by Gasteiger charge is 2.31. The highest BCUT2D eigenvalue weighted by molar-refractivity contribution is 8.69. The van der Waals surface area contributed by atoms with E-state index in [4.69, 9.17) is 0 Å². The molecule has 2 rings (SSSR count). The molecule has 0 aliphatic carbocycles. The molecule has 39 heavy (non-hydrogen) atoms. The Balaban J connectivity index is 2.05. The van der Waals surface area contributed by atoms with Crippen molar-refractivity contribution < 1.29 is 28.3 Å². The molecule has 0 bridgehead atoms. The van der Waals surface area contributed by atoms with Crippen LogP contribution in [0.15, 0.2) is 24.3 Å². The number of nitrogens with one attached hydrogen (secondary N) is 3. The maximum atomic E-state index is 13.2. The van der Waals surface area contributed by atoms with Crippen LogP contribution in [0.25, 0.3) is 0 Å². The van der Waals surface area contributed by atoms with E-state index < -0.39 is 44.4 Å². The van der Waals surface area contributed by atoms with Crippen molar-refractivity contribution in [3.05, 3.63) is 39.9 Å². The average Bonchev–Trinajstić information content (AvgIpc) is 3.29. The van der Waals surface area contributed by atoms with Crippen LogP contribution in [0.3, 0.4) is 0 Å². The Labute approximate surface area is 235 Å². The van der Waals surface area contributed by atoms with E-state index in [9.17, 15) is 33.5 Å². The fourth-order valence-electron chi connectivity index (χ4n) is 4.20. The predicted molar refractivity (Wildman–Crippen MR) is 151 cm³/mol. The van der Waals surface area contributed by atoms with Crippen molar-refractivity contribution in [3.63, 3.8) is 0 Å². The molecule has 2 unspecified atom stereocenters. The van der Waals surface area contributed by atoms with Crippen LogP contribution in [-0.2, 0) is 35.4 Å². The molecule has 1 saturated heterocycles. The number of ketones is 1.